The predicted octanol–water partition coefficient (Wildman–Crippen LogP) is 6.72. The third kappa shape index (κ3) is 9.53. The van der Waals surface area contributed by atoms with Gasteiger partial charge in [0.1, 0.15) is 18.0 Å². The second kappa shape index (κ2) is 15.5. The van der Waals surface area contributed by atoms with E-state index in [1.54, 1.807) is 24.3 Å². The number of carbonyl (C=O) groups excluding carboxylic acids is 3. The van der Waals surface area contributed by atoms with Crippen LogP contribution in [0.25, 0.3) is 0 Å². The molecule has 0 saturated carbocycles. The average Bonchev–Trinajstić information content (AvgIpc) is 2.88. The van der Waals surface area contributed by atoms with Crippen molar-refractivity contribution in [2.75, 3.05) is 7.11 Å². The number of methoxy groups -OCH3 is 1. The summed E-state index contributed by atoms with van der Waals surface area (Å²) in [5.41, 5.74) is -0.0693. The number of hydrogen-bond acceptors (Lipinski definition) is 8. The lowest BCUT2D eigenvalue weighted by atomic mass is 9.90. The standard InChI is InChI=1S/C30H40ClNO7/c1-8-21(9-2)28(39-24-12-10-23(31)11-13-24)19(5)37-30(35)22(16-18(3)4)17-25(34)27-29(38-20(6)33)26(36-7)14-15-32-27/h10-15,18-19,21-22,28H,8-9,16-17H2,1-7H3/t19-,22+,28+/m0/s1. The van der Waals surface area contributed by atoms with E-state index < -0.39 is 35.8 Å². The van der Waals surface area contributed by atoms with Crippen molar-refractivity contribution in [1.29, 1.82) is 0 Å². The summed E-state index contributed by atoms with van der Waals surface area (Å²) in [7, 11) is 1.40. The van der Waals surface area contributed by atoms with Gasteiger partial charge in [-0.15, -0.1) is 0 Å². The summed E-state index contributed by atoms with van der Waals surface area (Å²) in [6.07, 6.45) is 2.37. The summed E-state index contributed by atoms with van der Waals surface area (Å²) in [5, 5.41) is 0.601. The topological polar surface area (TPSA) is 101 Å². The van der Waals surface area contributed by atoms with Crippen LogP contribution in [0.15, 0.2) is 36.5 Å². The third-order valence-corrected chi connectivity index (χ3v) is 6.74. The molecule has 0 amide bonds. The van der Waals surface area contributed by atoms with Gasteiger partial charge in [-0.05, 0) is 62.3 Å². The van der Waals surface area contributed by atoms with Gasteiger partial charge in [0.05, 0.1) is 13.0 Å². The van der Waals surface area contributed by atoms with Crippen molar-refractivity contribution in [2.45, 2.75) is 79.4 Å². The molecule has 0 unspecified atom stereocenters. The van der Waals surface area contributed by atoms with Gasteiger partial charge in [0.15, 0.2) is 17.2 Å². The Labute approximate surface area is 236 Å². The number of hydrogen-bond donors (Lipinski definition) is 0. The Bertz CT molecular complexity index is 1100. The maximum atomic E-state index is 13.5. The molecule has 3 atom stereocenters. The molecule has 8 nitrogen and oxygen atoms in total. The second-order valence-electron chi connectivity index (χ2n) is 9.99. The molecule has 9 heteroatoms. The molecule has 0 aliphatic heterocycles. The molecule has 0 aliphatic carbocycles. The maximum Gasteiger partial charge on any atom is 0.309 e. The summed E-state index contributed by atoms with van der Waals surface area (Å²) in [4.78, 5) is 42.6. The smallest absolute Gasteiger partial charge is 0.309 e. The molecule has 0 spiro atoms. The minimum absolute atomic E-state index is 0.0623. The van der Waals surface area contributed by atoms with Crippen LogP contribution in [0.3, 0.4) is 0 Å². The molecule has 39 heavy (non-hydrogen) atoms. The number of carbonyl (C=O) groups is 3. The summed E-state index contributed by atoms with van der Waals surface area (Å²) in [5.74, 6) is -1.24. The first kappa shape index (κ1) is 32.1. The zero-order valence-electron chi connectivity index (χ0n) is 23.9. The van der Waals surface area contributed by atoms with E-state index in [0.29, 0.717) is 17.2 Å². The van der Waals surface area contributed by atoms with Gasteiger partial charge in [-0.25, -0.2) is 4.98 Å². The van der Waals surface area contributed by atoms with Crippen molar-refractivity contribution in [3.63, 3.8) is 0 Å². The molecule has 1 aromatic heterocycles. The van der Waals surface area contributed by atoms with E-state index in [1.165, 1.54) is 26.3 Å². The summed E-state index contributed by atoms with van der Waals surface area (Å²) < 4.78 is 22.7. The number of benzene rings is 1. The molecule has 214 valence electrons. The number of nitrogens with zero attached hydrogens (tertiary/aromatic N) is 1. The minimum atomic E-state index is -0.726. The Hall–Kier alpha value is -3.13. The minimum Gasteiger partial charge on any atom is -0.493 e. The molecule has 0 radical (unpaired) electrons. The number of pyridine rings is 1. The lowest BCUT2D eigenvalue weighted by Gasteiger charge is -2.32. The summed E-state index contributed by atoms with van der Waals surface area (Å²) in [6.45, 7) is 11.1. The quantitative estimate of drug-likeness (QED) is 0.174. The van der Waals surface area contributed by atoms with Gasteiger partial charge in [-0.2, -0.15) is 0 Å². The van der Waals surface area contributed by atoms with Gasteiger partial charge >= 0.3 is 11.9 Å². The number of halogens is 1. The van der Waals surface area contributed by atoms with Gasteiger partial charge < -0.3 is 18.9 Å². The molecule has 0 aliphatic rings. The number of rotatable bonds is 15. The van der Waals surface area contributed by atoms with Gasteiger partial charge in [-0.1, -0.05) is 39.3 Å². The van der Waals surface area contributed by atoms with E-state index in [4.69, 9.17) is 30.5 Å². The normalized spacial score (nSPS) is 13.5. The van der Waals surface area contributed by atoms with E-state index in [1.807, 2.05) is 20.8 Å². The first-order valence-electron chi connectivity index (χ1n) is 13.4. The fourth-order valence-corrected chi connectivity index (χ4v) is 4.66. The van der Waals surface area contributed by atoms with E-state index in [-0.39, 0.29) is 35.4 Å². The molecule has 0 fully saturated rings. The number of ether oxygens (including phenoxy) is 4. The SMILES string of the molecule is CCC(CC)[C@H](Oc1ccc(Cl)cc1)[C@H](C)OC(=O)[C@@H](CC(=O)c1nccc(OC)c1OC(C)=O)CC(C)C. The van der Waals surface area contributed by atoms with Gasteiger partial charge in [0, 0.05) is 30.6 Å². The Morgan fingerprint density at radius 3 is 2.18 bits per heavy atom. The zero-order valence-corrected chi connectivity index (χ0v) is 24.6. The number of esters is 2. The van der Waals surface area contributed by atoms with Gasteiger partial charge in [0.2, 0.25) is 5.75 Å². The van der Waals surface area contributed by atoms with Crippen molar-refractivity contribution < 1.29 is 33.3 Å². The van der Waals surface area contributed by atoms with Crippen molar-refractivity contribution >= 4 is 29.3 Å². The molecular weight excluding hydrogens is 522 g/mol. The largest absolute Gasteiger partial charge is 0.493 e. The van der Waals surface area contributed by atoms with E-state index in [2.05, 4.69) is 18.8 Å². The summed E-state index contributed by atoms with van der Waals surface area (Å²) >= 11 is 6.02. The molecule has 0 N–H and O–H groups in total. The highest BCUT2D eigenvalue weighted by atomic mass is 35.5. The first-order valence-corrected chi connectivity index (χ1v) is 13.8. The van der Waals surface area contributed by atoms with Crippen LogP contribution in [-0.4, -0.2) is 42.0 Å². The number of Topliss-reactive ketones (excluding diaryl/α,β-unsaturated/α-hetero) is 1. The molecular formula is C30H40ClNO7. The van der Waals surface area contributed by atoms with Crippen LogP contribution < -0.4 is 14.2 Å². The lowest BCUT2D eigenvalue weighted by molar-refractivity contribution is -0.160. The Kier molecular flexibility index (Phi) is 12.7. The molecule has 0 saturated heterocycles. The Morgan fingerprint density at radius 1 is 1.00 bits per heavy atom. The van der Waals surface area contributed by atoms with Crippen molar-refractivity contribution in [2.24, 2.45) is 17.8 Å². The highest BCUT2D eigenvalue weighted by molar-refractivity contribution is 6.30. The second-order valence-corrected chi connectivity index (χ2v) is 10.4. The van der Waals surface area contributed by atoms with Crippen molar-refractivity contribution in [1.82, 2.24) is 4.98 Å². The highest BCUT2D eigenvalue weighted by Crippen LogP contribution is 2.32. The maximum absolute atomic E-state index is 13.5. The van der Waals surface area contributed by atoms with Crippen LogP contribution in [0.2, 0.25) is 5.02 Å². The van der Waals surface area contributed by atoms with E-state index in [9.17, 15) is 14.4 Å². The molecule has 2 rings (SSSR count). The molecule has 2 aromatic rings. The summed E-state index contributed by atoms with van der Waals surface area (Å²) in [6, 6.07) is 8.56. The van der Waals surface area contributed by atoms with Crippen LogP contribution >= 0.6 is 11.6 Å². The van der Waals surface area contributed by atoms with Gasteiger partial charge in [0.25, 0.3) is 0 Å². The number of aromatic nitrogens is 1. The van der Waals surface area contributed by atoms with Crippen LogP contribution in [-0.2, 0) is 14.3 Å². The van der Waals surface area contributed by atoms with Crippen LogP contribution in [0, 0.1) is 17.8 Å². The fourth-order valence-electron chi connectivity index (χ4n) is 4.53. The van der Waals surface area contributed by atoms with Crippen molar-refractivity contribution in [3.05, 3.63) is 47.2 Å². The molecule has 0 bridgehead atoms. The zero-order chi connectivity index (χ0) is 29.1. The predicted molar refractivity (Wildman–Crippen MR) is 149 cm³/mol. The Balaban J connectivity index is 2.28. The Morgan fingerprint density at radius 2 is 1.64 bits per heavy atom. The third-order valence-electron chi connectivity index (χ3n) is 6.48. The number of ketones is 1. The first-order chi connectivity index (χ1) is 18.5. The monoisotopic (exact) mass is 561 g/mol. The van der Waals surface area contributed by atoms with Crippen LogP contribution in [0.1, 0.15) is 77.7 Å². The van der Waals surface area contributed by atoms with Crippen molar-refractivity contribution in [3.8, 4) is 17.2 Å². The molecule has 1 heterocycles. The lowest BCUT2D eigenvalue weighted by Crippen LogP contribution is -2.40. The fraction of sp³-hybridized carbons (Fsp3) is 0.533. The molecule has 1 aromatic carbocycles. The highest BCUT2D eigenvalue weighted by Gasteiger charge is 2.34. The van der Waals surface area contributed by atoms with E-state index >= 15 is 0 Å². The van der Waals surface area contributed by atoms with Gasteiger partial charge in [-0.3, -0.25) is 14.4 Å². The average molecular weight is 562 g/mol. The van der Waals surface area contributed by atoms with Crippen LogP contribution in [0.4, 0.5) is 0 Å². The van der Waals surface area contributed by atoms with E-state index in [0.717, 1.165) is 12.8 Å². The van der Waals surface area contributed by atoms with Crippen LogP contribution in [0.5, 0.6) is 17.2 Å².